The SMILES string of the molecule is N.N.N.O.O.O.O=C(O)C(=O)O.O=C(O)C(=O)O.O=C(O)C(=O)O.[Fe]. The summed E-state index contributed by atoms with van der Waals surface area (Å²) in [6.45, 7) is 0. The molecule has 21 N–H and O–H groups in total. The first-order chi connectivity index (χ1) is 7.93. The summed E-state index contributed by atoms with van der Waals surface area (Å²) in [5.41, 5.74) is 0. The van der Waals surface area contributed by atoms with Crippen molar-refractivity contribution in [2.75, 3.05) is 0 Å². The molecular weight excluding hydrogens is 410 g/mol. The molecule has 0 saturated carbocycles. The molecule has 0 bridgehead atoms. The van der Waals surface area contributed by atoms with E-state index in [2.05, 4.69) is 0 Å². The fourth-order valence-corrected chi connectivity index (χ4v) is 0. The second kappa shape index (κ2) is 37.4. The number of rotatable bonds is 0. The normalized spacial score (nSPS) is 5.28. The molecule has 0 atom stereocenters. The minimum atomic E-state index is -1.82. The van der Waals surface area contributed by atoms with Crippen LogP contribution in [-0.2, 0) is 45.8 Å². The van der Waals surface area contributed by atoms with Crippen molar-refractivity contribution in [3.63, 3.8) is 0 Å². The van der Waals surface area contributed by atoms with Crippen LogP contribution in [0.2, 0.25) is 0 Å². The molecule has 0 amide bonds. The number of aliphatic carboxylic acids is 6. The topological polar surface area (TPSA) is 423 Å². The minimum Gasteiger partial charge on any atom is -0.473 e. The van der Waals surface area contributed by atoms with Crippen molar-refractivity contribution in [3.05, 3.63) is 0 Å². The van der Waals surface area contributed by atoms with Crippen LogP contribution in [0.4, 0.5) is 0 Å². The third-order valence-electron chi connectivity index (χ3n) is 0.549. The first-order valence-electron chi connectivity index (χ1n) is 3.32. The van der Waals surface area contributed by atoms with Crippen molar-refractivity contribution >= 4 is 35.8 Å². The molecule has 0 aromatic heterocycles. The van der Waals surface area contributed by atoms with E-state index in [1.165, 1.54) is 0 Å². The van der Waals surface area contributed by atoms with E-state index in [1.807, 2.05) is 0 Å². The van der Waals surface area contributed by atoms with Gasteiger partial charge in [-0.25, -0.2) is 28.8 Å². The van der Waals surface area contributed by atoms with Crippen LogP contribution in [0.3, 0.4) is 0 Å². The summed E-state index contributed by atoms with van der Waals surface area (Å²) in [6.07, 6.45) is 0. The molecule has 0 saturated heterocycles. The Morgan fingerprint density at radius 3 is 0.400 bits per heavy atom. The van der Waals surface area contributed by atoms with E-state index in [9.17, 15) is 0 Å². The van der Waals surface area contributed by atoms with Crippen LogP contribution in [0.15, 0.2) is 0 Å². The third-order valence-corrected chi connectivity index (χ3v) is 0.549. The molecule has 0 radical (unpaired) electrons. The first-order valence-corrected chi connectivity index (χ1v) is 3.32. The zero-order valence-electron chi connectivity index (χ0n) is 12.1. The Kier molecular flexibility index (Phi) is 101. The molecule has 0 heterocycles. The van der Waals surface area contributed by atoms with E-state index < -0.39 is 35.8 Å². The molecule has 0 aromatic rings. The van der Waals surface area contributed by atoms with Crippen molar-refractivity contribution in [1.82, 2.24) is 18.5 Å². The molecular formula is C6H21FeN3O15. The zero-order chi connectivity index (χ0) is 15.5. The van der Waals surface area contributed by atoms with Gasteiger partial charge in [-0.3, -0.25) is 0 Å². The second-order valence-electron chi connectivity index (χ2n) is 1.83. The number of carboxylic acids is 6. The van der Waals surface area contributed by atoms with Gasteiger partial charge in [0.25, 0.3) is 0 Å². The van der Waals surface area contributed by atoms with Gasteiger partial charge in [-0.15, -0.1) is 0 Å². The Labute approximate surface area is 148 Å². The zero-order valence-corrected chi connectivity index (χ0v) is 13.2. The van der Waals surface area contributed by atoms with Crippen molar-refractivity contribution in [2.24, 2.45) is 0 Å². The Morgan fingerprint density at radius 1 is 0.360 bits per heavy atom. The van der Waals surface area contributed by atoms with Crippen LogP contribution in [-0.4, -0.2) is 82.9 Å². The molecule has 0 aliphatic rings. The van der Waals surface area contributed by atoms with E-state index >= 15 is 0 Å². The Bertz CT molecular complexity index is 292. The fourth-order valence-electron chi connectivity index (χ4n) is 0. The van der Waals surface area contributed by atoms with Gasteiger partial charge in [-0.05, 0) is 0 Å². The van der Waals surface area contributed by atoms with E-state index in [1.54, 1.807) is 0 Å². The molecule has 158 valence electrons. The maximum absolute atomic E-state index is 9.10. The average molecular weight is 431 g/mol. The smallest absolute Gasteiger partial charge is 0.414 e. The quantitative estimate of drug-likeness (QED) is 0.129. The van der Waals surface area contributed by atoms with Gasteiger partial charge in [0, 0.05) is 17.1 Å². The molecule has 0 fully saturated rings. The van der Waals surface area contributed by atoms with Crippen molar-refractivity contribution in [3.8, 4) is 0 Å². The summed E-state index contributed by atoms with van der Waals surface area (Å²) in [7, 11) is 0. The van der Waals surface area contributed by atoms with Crippen LogP contribution in [0.5, 0.6) is 0 Å². The van der Waals surface area contributed by atoms with Gasteiger partial charge in [0.15, 0.2) is 0 Å². The maximum Gasteiger partial charge on any atom is 0.414 e. The van der Waals surface area contributed by atoms with Crippen LogP contribution in [0.25, 0.3) is 0 Å². The minimum absolute atomic E-state index is 0. The third kappa shape index (κ3) is 93.0. The molecule has 18 nitrogen and oxygen atoms in total. The van der Waals surface area contributed by atoms with Crippen LogP contribution in [0.1, 0.15) is 0 Å². The standard InChI is InChI=1S/3C2H2O4.Fe.3H3N.3H2O/c3*3-1(4)2(5)6;;;;;;;/h3*(H,3,4)(H,5,6);;3*1H3;3*1H2. The molecule has 0 aliphatic heterocycles. The van der Waals surface area contributed by atoms with Gasteiger partial charge in [0.05, 0.1) is 0 Å². The van der Waals surface area contributed by atoms with Crippen LogP contribution < -0.4 is 18.5 Å². The molecule has 0 aliphatic carbocycles. The summed E-state index contributed by atoms with van der Waals surface area (Å²) in [6, 6.07) is 0. The van der Waals surface area contributed by atoms with E-state index in [0.717, 1.165) is 0 Å². The van der Waals surface area contributed by atoms with Crippen LogP contribution >= 0.6 is 0 Å². The Hall–Kier alpha value is -2.90. The summed E-state index contributed by atoms with van der Waals surface area (Å²) >= 11 is 0. The van der Waals surface area contributed by atoms with Crippen molar-refractivity contribution in [2.45, 2.75) is 0 Å². The summed E-state index contributed by atoms with van der Waals surface area (Å²) in [5.74, 6) is -10.9. The molecule has 0 spiro atoms. The molecule has 0 unspecified atom stereocenters. The second-order valence-corrected chi connectivity index (χ2v) is 1.83. The fraction of sp³-hybridized carbons (Fsp3) is 0. The number of carbonyl (C=O) groups is 6. The predicted molar refractivity (Wildman–Crippen MR) is 71.7 cm³/mol. The van der Waals surface area contributed by atoms with Gasteiger partial charge in [0.2, 0.25) is 0 Å². The van der Waals surface area contributed by atoms with Gasteiger partial charge in [-0.1, -0.05) is 0 Å². The van der Waals surface area contributed by atoms with E-state index in [0.29, 0.717) is 0 Å². The maximum atomic E-state index is 9.10. The monoisotopic (exact) mass is 431 g/mol. The Balaban J connectivity index is -0.0000000148. The molecule has 25 heavy (non-hydrogen) atoms. The average Bonchev–Trinajstić information content (AvgIpc) is 2.18. The van der Waals surface area contributed by atoms with Crippen molar-refractivity contribution in [1.29, 1.82) is 0 Å². The van der Waals surface area contributed by atoms with Crippen molar-refractivity contribution < 1.29 is 92.9 Å². The molecule has 0 rings (SSSR count). The Morgan fingerprint density at radius 2 is 0.400 bits per heavy atom. The molecule has 19 heteroatoms. The predicted octanol–water partition coefficient (Wildman–Crippen LogP) is -4.52. The van der Waals surface area contributed by atoms with Gasteiger partial charge in [0.1, 0.15) is 0 Å². The summed E-state index contributed by atoms with van der Waals surface area (Å²) < 4.78 is 0. The van der Waals surface area contributed by atoms with Crippen LogP contribution in [0, 0.1) is 0 Å². The number of hydrogen-bond donors (Lipinski definition) is 9. The van der Waals surface area contributed by atoms with Gasteiger partial charge >= 0.3 is 35.8 Å². The van der Waals surface area contributed by atoms with Gasteiger partial charge < -0.3 is 65.5 Å². The van der Waals surface area contributed by atoms with E-state index in [4.69, 9.17) is 59.4 Å². The largest absolute Gasteiger partial charge is 0.473 e. The molecule has 0 aromatic carbocycles. The summed E-state index contributed by atoms with van der Waals surface area (Å²) in [5, 5.41) is 44.3. The number of hydrogen-bond acceptors (Lipinski definition) is 9. The summed E-state index contributed by atoms with van der Waals surface area (Å²) in [4.78, 5) is 54.6. The van der Waals surface area contributed by atoms with Gasteiger partial charge in [-0.2, -0.15) is 0 Å². The first kappa shape index (κ1) is 67.2. The van der Waals surface area contributed by atoms with E-state index in [-0.39, 0.29) is 51.9 Å². The number of carboxylic acid groups (broad SMARTS) is 6.